The van der Waals surface area contributed by atoms with Gasteiger partial charge >= 0.3 is 0 Å². The topological polar surface area (TPSA) is 58.2 Å². The molecule has 0 aliphatic carbocycles. The summed E-state index contributed by atoms with van der Waals surface area (Å²) in [6.07, 6.45) is 0. The molecule has 2 N–H and O–H groups in total. The maximum Gasteiger partial charge on any atom is 0.254 e. The number of carbonyl (C=O) groups is 2. The lowest BCUT2D eigenvalue weighted by Gasteiger charge is -2.24. The zero-order valence-electron chi connectivity index (χ0n) is 14.9. The van der Waals surface area contributed by atoms with Crippen LogP contribution in [-0.2, 0) is 4.79 Å². The average Bonchev–Trinajstić information content (AvgIpc) is 2.59. The van der Waals surface area contributed by atoms with E-state index in [1.165, 1.54) is 18.2 Å². The molecule has 26 heavy (non-hydrogen) atoms. The van der Waals surface area contributed by atoms with Gasteiger partial charge in [-0.1, -0.05) is 54.0 Å². The molecule has 6 heteroatoms. The minimum Gasteiger partial charge on any atom is -0.348 e. The van der Waals surface area contributed by atoms with Gasteiger partial charge in [-0.25, -0.2) is 4.39 Å². The van der Waals surface area contributed by atoms with Gasteiger partial charge in [0.05, 0.1) is 11.6 Å². The standard InChI is InChI=1S/C20H22BrFN2O2/c1-12(2)18(24-19(25)16-6-4-5-7-17(16)22)20(26)23-13(3)14-8-10-15(21)11-9-14/h4-13,18H,1-3H3,(H,23,26)(H,24,25). The van der Waals surface area contributed by atoms with Crippen LogP contribution in [0.1, 0.15) is 42.7 Å². The first-order valence-electron chi connectivity index (χ1n) is 8.41. The summed E-state index contributed by atoms with van der Waals surface area (Å²) in [5.74, 6) is -1.67. The van der Waals surface area contributed by atoms with Crippen molar-refractivity contribution in [1.29, 1.82) is 0 Å². The molecule has 0 saturated heterocycles. The van der Waals surface area contributed by atoms with Crippen molar-refractivity contribution in [3.8, 4) is 0 Å². The second kappa shape index (κ2) is 8.94. The van der Waals surface area contributed by atoms with Crippen molar-refractivity contribution in [2.75, 3.05) is 0 Å². The van der Waals surface area contributed by atoms with E-state index in [-0.39, 0.29) is 23.4 Å². The van der Waals surface area contributed by atoms with E-state index >= 15 is 0 Å². The molecule has 0 aliphatic heterocycles. The number of benzene rings is 2. The summed E-state index contributed by atoms with van der Waals surface area (Å²) >= 11 is 3.38. The number of halogens is 2. The van der Waals surface area contributed by atoms with Crippen LogP contribution in [0, 0.1) is 11.7 Å². The first-order chi connectivity index (χ1) is 12.3. The minimum absolute atomic E-state index is 0.0769. The van der Waals surface area contributed by atoms with Gasteiger partial charge in [0.2, 0.25) is 5.91 Å². The van der Waals surface area contributed by atoms with Gasteiger partial charge in [0.1, 0.15) is 11.9 Å². The Bertz CT molecular complexity index is 778. The van der Waals surface area contributed by atoms with E-state index in [1.807, 2.05) is 45.0 Å². The molecule has 0 aliphatic rings. The number of amides is 2. The molecule has 4 nitrogen and oxygen atoms in total. The third kappa shape index (κ3) is 5.14. The lowest BCUT2D eigenvalue weighted by molar-refractivity contribution is -0.124. The summed E-state index contributed by atoms with van der Waals surface area (Å²) in [7, 11) is 0. The maximum absolute atomic E-state index is 13.8. The number of carbonyl (C=O) groups excluding carboxylic acids is 2. The van der Waals surface area contributed by atoms with Gasteiger partial charge in [-0.3, -0.25) is 9.59 Å². The van der Waals surface area contributed by atoms with Crippen molar-refractivity contribution in [2.45, 2.75) is 32.9 Å². The third-order valence-electron chi connectivity index (χ3n) is 4.08. The maximum atomic E-state index is 13.8. The largest absolute Gasteiger partial charge is 0.348 e. The fourth-order valence-electron chi connectivity index (χ4n) is 2.54. The van der Waals surface area contributed by atoms with E-state index < -0.39 is 17.8 Å². The Kier molecular flexibility index (Phi) is 6.91. The molecular formula is C20H22BrFN2O2. The first-order valence-corrected chi connectivity index (χ1v) is 9.20. The summed E-state index contributed by atoms with van der Waals surface area (Å²) in [4.78, 5) is 25.0. The zero-order valence-corrected chi connectivity index (χ0v) is 16.5. The van der Waals surface area contributed by atoms with Crippen molar-refractivity contribution in [3.63, 3.8) is 0 Å². The normalized spacial score (nSPS) is 13.2. The van der Waals surface area contributed by atoms with Crippen molar-refractivity contribution in [1.82, 2.24) is 10.6 Å². The van der Waals surface area contributed by atoms with Gasteiger partial charge in [-0.2, -0.15) is 0 Å². The highest BCUT2D eigenvalue weighted by molar-refractivity contribution is 9.10. The summed E-state index contributed by atoms with van der Waals surface area (Å²) in [5.41, 5.74) is 0.872. The van der Waals surface area contributed by atoms with Crippen LogP contribution in [-0.4, -0.2) is 17.9 Å². The number of rotatable bonds is 6. The number of nitrogens with one attached hydrogen (secondary N) is 2. The van der Waals surface area contributed by atoms with Crippen LogP contribution in [0.4, 0.5) is 4.39 Å². The molecule has 0 saturated carbocycles. The molecule has 0 heterocycles. The smallest absolute Gasteiger partial charge is 0.254 e. The average molecular weight is 421 g/mol. The Morgan fingerprint density at radius 3 is 2.15 bits per heavy atom. The highest BCUT2D eigenvalue weighted by atomic mass is 79.9. The molecule has 2 aromatic carbocycles. The molecule has 138 valence electrons. The predicted molar refractivity (Wildman–Crippen MR) is 103 cm³/mol. The second-order valence-corrected chi connectivity index (χ2v) is 7.37. The lowest BCUT2D eigenvalue weighted by atomic mass is 10.0. The highest BCUT2D eigenvalue weighted by Gasteiger charge is 2.26. The summed E-state index contributed by atoms with van der Waals surface area (Å²) in [5, 5.41) is 5.55. The number of hydrogen-bond acceptors (Lipinski definition) is 2. The summed E-state index contributed by atoms with van der Waals surface area (Å²) in [6.45, 7) is 5.53. The van der Waals surface area contributed by atoms with E-state index in [2.05, 4.69) is 26.6 Å². The van der Waals surface area contributed by atoms with Crippen LogP contribution in [0.2, 0.25) is 0 Å². The molecule has 2 unspecified atom stereocenters. The molecule has 2 amide bonds. The molecular weight excluding hydrogens is 399 g/mol. The Balaban J connectivity index is 2.08. The molecule has 0 spiro atoms. The highest BCUT2D eigenvalue weighted by Crippen LogP contribution is 2.17. The molecule has 2 atom stereocenters. The van der Waals surface area contributed by atoms with Gasteiger partial charge in [0.25, 0.3) is 5.91 Å². The minimum atomic E-state index is -0.764. The van der Waals surface area contributed by atoms with Gasteiger partial charge in [0, 0.05) is 4.47 Å². The first kappa shape index (κ1) is 20.1. The van der Waals surface area contributed by atoms with Crippen LogP contribution in [0.5, 0.6) is 0 Å². The molecule has 0 bridgehead atoms. The van der Waals surface area contributed by atoms with Crippen LogP contribution >= 0.6 is 15.9 Å². The van der Waals surface area contributed by atoms with Crippen molar-refractivity contribution >= 4 is 27.7 Å². The number of hydrogen-bond donors (Lipinski definition) is 2. The third-order valence-corrected chi connectivity index (χ3v) is 4.61. The van der Waals surface area contributed by atoms with Crippen LogP contribution in [0.15, 0.2) is 53.0 Å². The van der Waals surface area contributed by atoms with Gasteiger partial charge < -0.3 is 10.6 Å². The fraction of sp³-hybridized carbons (Fsp3) is 0.300. The zero-order chi connectivity index (χ0) is 19.3. The fourth-order valence-corrected chi connectivity index (χ4v) is 2.80. The molecule has 0 aromatic heterocycles. The summed E-state index contributed by atoms with van der Waals surface area (Å²) in [6, 6.07) is 12.3. The van der Waals surface area contributed by atoms with Crippen molar-refractivity contribution in [3.05, 3.63) is 69.9 Å². The Labute approximate surface area is 161 Å². The SMILES string of the molecule is CC(NC(=O)C(NC(=O)c1ccccc1F)C(C)C)c1ccc(Br)cc1. The quantitative estimate of drug-likeness (QED) is 0.734. The predicted octanol–water partition coefficient (Wildman–Crippen LogP) is 4.22. The van der Waals surface area contributed by atoms with Gasteiger partial charge in [-0.15, -0.1) is 0 Å². The Hall–Kier alpha value is -2.21. The molecule has 0 radical (unpaired) electrons. The Morgan fingerprint density at radius 2 is 1.58 bits per heavy atom. The van der Waals surface area contributed by atoms with Gasteiger partial charge in [-0.05, 0) is 42.7 Å². The van der Waals surface area contributed by atoms with E-state index in [0.717, 1.165) is 10.0 Å². The van der Waals surface area contributed by atoms with Crippen molar-refractivity contribution < 1.29 is 14.0 Å². The van der Waals surface area contributed by atoms with E-state index in [1.54, 1.807) is 6.07 Å². The van der Waals surface area contributed by atoms with E-state index in [4.69, 9.17) is 0 Å². The molecule has 0 fully saturated rings. The van der Waals surface area contributed by atoms with Crippen LogP contribution < -0.4 is 10.6 Å². The monoisotopic (exact) mass is 420 g/mol. The molecule has 2 rings (SSSR count). The van der Waals surface area contributed by atoms with E-state index in [9.17, 15) is 14.0 Å². The van der Waals surface area contributed by atoms with E-state index in [0.29, 0.717) is 0 Å². The Morgan fingerprint density at radius 1 is 0.962 bits per heavy atom. The van der Waals surface area contributed by atoms with Crippen molar-refractivity contribution in [2.24, 2.45) is 5.92 Å². The van der Waals surface area contributed by atoms with Crippen LogP contribution in [0.25, 0.3) is 0 Å². The van der Waals surface area contributed by atoms with Crippen LogP contribution in [0.3, 0.4) is 0 Å². The summed E-state index contributed by atoms with van der Waals surface area (Å²) < 4.78 is 14.7. The second-order valence-electron chi connectivity index (χ2n) is 6.46. The van der Waals surface area contributed by atoms with Gasteiger partial charge in [0.15, 0.2) is 0 Å². The molecule has 2 aromatic rings. The lowest BCUT2D eigenvalue weighted by Crippen LogP contribution is -2.50.